The first kappa shape index (κ1) is 9.19. The maximum absolute atomic E-state index is 12.8. The van der Waals surface area contributed by atoms with Crippen molar-refractivity contribution in [2.24, 2.45) is 0 Å². The first-order valence-electron chi connectivity index (χ1n) is 4.62. The van der Waals surface area contributed by atoms with Crippen LogP contribution in [-0.2, 0) is 5.41 Å². The zero-order valence-corrected chi connectivity index (χ0v) is 8.56. The molecule has 0 aromatic carbocycles. The third-order valence-electron chi connectivity index (χ3n) is 2.25. The molecule has 0 bridgehead atoms. The van der Waals surface area contributed by atoms with E-state index >= 15 is 0 Å². The van der Waals surface area contributed by atoms with E-state index in [1.54, 1.807) is 6.07 Å². The molecule has 14 heavy (non-hydrogen) atoms. The smallest absolute Gasteiger partial charge is 0.214 e. The van der Waals surface area contributed by atoms with Gasteiger partial charge in [0.05, 0.1) is 0 Å². The fraction of sp³-hybridized carbons (Fsp3) is 0.364. The van der Waals surface area contributed by atoms with Crippen LogP contribution in [0.15, 0.2) is 18.2 Å². The predicted molar refractivity (Wildman–Crippen MR) is 54.8 cm³/mol. The van der Waals surface area contributed by atoms with Gasteiger partial charge in [-0.25, -0.2) is 4.98 Å². The summed E-state index contributed by atoms with van der Waals surface area (Å²) in [7, 11) is 0. The average Bonchev–Trinajstić information content (AvgIpc) is 2.45. The monoisotopic (exact) mass is 192 g/mol. The SMILES string of the molecule is CC(C)(C)c1cc2ccc(F)nc2[nH]1. The molecule has 0 spiro atoms. The van der Waals surface area contributed by atoms with E-state index < -0.39 is 5.95 Å². The van der Waals surface area contributed by atoms with Crippen molar-refractivity contribution in [2.45, 2.75) is 26.2 Å². The summed E-state index contributed by atoms with van der Waals surface area (Å²) in [6.07, 6.45) is 0. The maximum Gasteiger partial charge on any atom is 0.214 e. The number of aromatic amines is 1. The molecule has 2 aromatic rings. The Morgan fingerprint density at radius 2 is 2.00 bits per heavy atom. The molecule has 2 rings (SSSR count). The molecule has 0 saturated heterocycles. The number of nitrogens with zero attached hydrogens (tertiary/aromatic N) is 1. The fourth-order valence-corrected chi connectivity index (χ4v) is 1.39. The molecular formula is C11H13FN2. The minimum absolute atomic E-state index is 0.0389. The Labute approximate surface area is 82.2 Å². The van der Waals surface area contributed by atoms with Crippen LogP contribution in [0, 0.1) is 5.95 Å². The number of hydrogen-bond acceptors (Lipinski definition) is 1. The van der Waals surface area contributed by atoms with Gasteiger partial charge in [0.2, 0.25) is 5.95 Å². The molecule has 0 unspecified atom stereocenters. The number of fused-ring (bicyclic) bond motifs is 1. The molecule has 0 aliphatic rings. The van der Waals surface area contributed by atoms with Crippen LogP contribution in [0.1, 0.15) is 26.5 Å². The molecule has 2 aromatic heterocycles. The lowest BCUT2D eigenvalue weighted by Crippen LogP contribution is -2.11. The first-order valence-corrected chi connectivity index (χ1v) is 4.62. The van der Waals surface area contributed by atoms with Gasteiger partial charge in [-0.05, 0) is 18.2 Å². The second-order valence-electron chi connectivity index (χ2n) is 4.50. The molecule has 0 saturated carbocycles. The standard InChI is InChI=1S/C11H13FN2/c1-11(2,3)8-6-7-4-5-9(12)14-10(7)13-8/h4-6H,1-3H3,(H,13,14). The lowest BCUT2D eigenvalue weighted by molar-refractivity contribution is 0.571. The molecule has 0 aliphatic carbocycles. The van der Waals surface area contributed by atoms with E-state index in [1.165, 1.54) is 6.07 Å². The minimum Gasteiger partial charge on any atom is -0.343 e. The predicted octanol–water partition coefficient (Wildman–Crippen LogP) is 3.00. The summed E-state index contributed by atoms with van der Waals surface area (Å²) in [5.74, 6) is -0.445. The highest BCUT2D eigenvalue weighted by Crippen LogP contribution is 2.24. The van der Waals surface area contributed by atoms with Crippen molar-refractivity contribution in [3.8, 4) is 0 Å². The number of aromatic nitrogens is 2. The van der Waals surface area contributed by atoms with Gasteiger partial charge >= 0.3 is 0 Å². The molecule has 0 aliphatic heterocycles. The van der Waals surface area contributed by atoms with E-state index in [2.05, 4.69) is 30.7 Å². The highest BCUT2D eigenvalue weighted by molar-refractivity contribution is 5.76. The van der Waals surface area contributed by atoms with Gasteiger partial charge in [-0.1, -0.05) is 20.8 Å². The van der Waals surface area contributed by atoms with Crippen molar-refractivity contribution in [1.82, 2.24) is 9.97 Å². The summed E-state index contributed by atoms with van der Waals surface area (Å²) in [6, 6.07) is 5.13. The number of halogens is 1. The van der Waals surface area contributed by atoms with Gasteiger partial charge in [0.1, 0.15) is 5.65 Å². The molecule has 0 amide bonds. The molecule has 0 fully saturated rings. The Morgan fingerprint density at radius 1 is 1.29 bits per heavy atom. The van der Waals surface area contributed by atoms with Crippen molar-refractivity contribution in [2.75, 3.05) is 0 Å². The molecule has 1 N–H and O–H groups in total. The molecule has 0 radical (unpaired) electrons. The molecule has 0 atom stereocenters. The zero-order chi connectivity index (χ0) is 10.3. The van der Waals surface area contributed by atoms with Crippen LogP contribution in [0.25, 0.3) is 11.0 Å². The van der Waals surface area contributed by atoms with Crippen LogP contribution in [0.5, 0.6) is 0 Å². The summed E-state index contributed by atoms with van der Waals surface area (Å²) in [4.78, 5) is 6.91. The van der Waals surface area contributed by atoms with E-state index in [9.17, 15) is 4.39 Å². The number of nitrogens with one attached hydrogen (secondary N) is 1. The van der Waals surface area contributed by atoms with E-state index in [0.717, 1.165) is 11.1 Å². The van der Waals surface area contributed by atoms with Crippen LogP contribution in [0.3, 0.4) is 0 Å². The summed E-state index contributed by atoms with van der Waals surface area (Å²) in [5, 5.41) is 0.955. The van der Waals surface area contributed by atoms with Gasteiger partial charge in [0.25, 0.3) is 0 Å². The lowest BCUT2D eigenvalue weighted by Gasteiger charge is -2.15. The molecule has 3 heteroatoms. The van der Waals surface area contributed by atoms with Crippen LogP contribution in [0.4, 0.5) is 4.39 Å². The number of hydrogen-bond donors (Lipinski definition) is 1. The summed E-state index contributed by atoms with van der Waals surface area (Å²) < 4.78 is 12.8. The quantitative estimate of drug-likeness (QED) is 0.638. The minimum atomic E-state index is -0.445. The molecule has 2 nitrogen and oxygen atoms in total. The van der Waals surface area contributed by atoms with E-state index in [0.29, 0.717) is 5.65 Å². The lowest BCUT2D eigenvalue weighted by atomic mass is 9.92. The summed E-state index contributed by atoms with van der Waals surface area (Å²) in [6.45, 7) is 6.32. The first-order chi connectivity index (χ1) is 6.47. The van der Waals surface area contributed by atoms with Crippen LogP contribution in [-0.4, -0.2) is 9.97 Å². The largest absolute Gasteiger partial charge is 0.343 e. The van der Waals surface area contributed by atoms with Crippen LogP contribution >= 0.6 is 0 Å². The summed E-state index contributed by atoms with van der Waals surface area (Å²) >= 11 is 0. The Balaban J connectivity index is 2.63. The fourth-order valence-electron chi connectivity index (χ4n) is 1.39. The summed E-state index contributed by atoms with van der Waals surface area (Å²) in [5.41, 5.74) is 1.73. The van der Waals surface area contributed by atoms with E-state index in [1.807, 2.05) is 6.07 Å². The Hall–Kier alpha value is -1.38. The normalized spacial score (nSPS) is 12.3. The van der Waals surface area contributed by atoms with E-state index in [4.69, 9.17) is 0 Å². The van der Waals surface area contributed by atoms with Crippen molar-refractivity contribution < 1.29 is 4.39 Å². The second kappa shape index (κ2) is 2.80. The molecule has 2 heterocycles. The number of pyridine rings is 1. The van der Waals surface area contributed by atoms with Crippen molar-refractivity contribution in [3.63, 3.8) is 0 Å². The van der Waals surface area contributed by atoms with E-state index in [-0.39, 0.29) is 5.41 Å². The zero-order valence-electron chi connectivity index (χ0n) is 8.56. The topological polar surface area (TPSA) is 28.7 Å². The van der Waals surface area contributed by atoms with Gasteiger partial charge in [0.15, 0.2) is 0 Å². The van der Waals surface area contributed by atoms with Crippen molar-refractivity contribution in [1.29, 1.82) is 0 Å². The van der Waals surface area contributed by atoms with Gasteiger partial charge in [0, 0.05) is 16.5 Å². The van der Waals surface area contributed by atoms with Crippen molar-refractivity contribution >= 4 is 11.0 Å². The Bertz CT molecular complexity index is 466. The Morgan fingerprint density at radius 3 is 2.64 bits per heavy atom. The molecular weight excluding hydrogens is 179 g/mol. The number of rotatable bonds is 0. The van der Waals surface area contributed by atoms with Gasteiger partial charge in [-0.15, -0.1) is 0 Å². The van der Waals surface area contributed by atoms with Crippen LogP contribution in [0.2, 0.25) is 0 Å². The van der Waals surface area contributed by atoms with Gasteiger partial charge in [-0.3, -0.25) is 0 Å². The average molecular weight is 192 g/mol. The second-order valence-corrected chi connectivity index (χ2v) is 4.50. The highest BCUT2D eigenvalue weighted by atomic mass is 19.1. The van der Waals surface area contributed by atoms with Gasteiger partial charge in [-0.2, -0.15) is 4.39 Å². The molecule has 74 valence electrons. The van der Waals surface area contributed by atoms with Crippen molar-refractivity contribution in [3.05, 3.63) is 29.8 Å². The third kappa shape index (κ3) is 1.50. The Kier molecular flexibility index (Phi) is 1.84. The van der Waals surface area contributed by atoms with Crippen LogP contribution < -0.4 is 0 Å². The highest BCUT2D eigenvalue weighted by Gasteiger charge is 2.16. The van der Waals surface area contributed by atoms with Gasteiger partial charge < -0.3 is 4.98 Å². The number of H-pyrrole nitrogens is 1. The maximum atomic E-state index is 12.8. The third-order valence-corrected chi connectivity index (χ3v) is 2.25.